The molecule has 0 bridgehead atoms. The van der Waals surface area contributed by atoms with Crippen molar-refractivity contribution in [3.63, 3.8) is 0 Å². The minimum atomic E-state index is 0.808. The van der Waals surface area contributed by atoms with Crippen molar-refractivity contribution in [1.82, 2.24) is 0 Å². The van der Waals surface area contributed by atoms with Crippen LogP contribution in [0, 0.1) is 6.92 Å². The lowest BCUT2D eigenvalue weighted by molar-refractivity contribution is -0.905. The number of halogens is 1. The summed E-state index contributed by atoms with van der Waals surface area (Å²) in [5.74, 6) is 0.940. The maximum atomic E-state index is 6.01. The van der Waals surface area contributed by atoms with Gasteiger partial charge >= 0.3 is 0 Å². The van der Waals surface area contributed by atoms with Gasteiger partial charge in [0.15, 0.2) is 0 Å². The zero-order valence-corrected chi connectivity index (χ0v) is 14.1. The predicted octanol–water partition coefficient (Wildman–Crippen LogP) is 3.66. The van der Waals surface area contributed by atoms with Gasteiger partial charge in [-0.15, -0.1) is 0 Å². The van der Waals surface area contributed by atoms with Crippen LogP contribution in [0.25, 0.3) is 0 Å². The summed E-state index contributed by atoms with van der Waals surface area (Å²) in [4.78, 5) is 1.83. The van der Waals surface area contributed by atoms with Crippen LogP contribution in [0.15, 0.2) is 18.2 Å². The summed E-state index contributed by atoms with van der Waals surface area (Å²) < 4.78 is 5.77. The first-order chi connectivity index (χ1) is 10.3. The van der Waals surface area contributed by atoms with Crippen LogP contribution in [0.3, 0.4) is 0 Å². The molecule has 0 radical (unpaired) electrons. The molecular weight excluding hydrogens is 282 g/mol. The summed E-state index contributed by atoms with van der Waals surface area (Å²) >= 11 is 6.01. The molecule has 118 valence electrons. The molecule has 1 N–H and O–H groups in total. The fourth-order valence-corrected chi connectivity index (χ4v) is 3.15. The van der Waals surface area contributed by atoms with E-state index in [0.29, 0.717) is 0 Å². The normalized spacial score (nSPS) is 16.1. The lowest BCUT2D eigenvalue weighted by Gasteiger charge is -2.23. The van der Waals surface area contributed by atoms with E-state index < -0.39 is 0 Å². The molecule has 1 aromatic rings. The molecular formula is C18H29ClNO+. The van der Waals surface area contributed by atoms with E-state index in [1.807, 2.05) is 30.0 Å². The number of quaternary nitrogens is 1. The van der Waals surface area contributed by atoms with Gasteiger partial charge in [-0.2, -0.15) is 0 Å². The molecule has 0 aromatic heterocycles. The van der Waals surface area contributed by atoms with Gasteiger partial charge in [0, 0.05) is 5.02 Å². The fraction of sp³-hybridized carbons (Fsp3) is 0.667. The molecule has 1 aliphatic heterocycles. The number of unbranched alkanes of at least 4 members (excludes halogenated alkanes) is 3. The number of rotatable bonds is 8. The molecule has 0 amide bonds. The van der Waals surface area contributed by atoms with Gasteiger partial charge in [-0.1, -0.05) is 11.6 Å². The average molecular weight is 311 g/mol. The van der Waals surface area contributed by atoms with Gasteiger partial charge in [-0.25, -0.2) is 0 Å². The molecule has 3 heteroatoms. The quantitative estimate of drug-likeness (QED) is 0.724. The molecule has 0 saturated carbocycles. The largest absolute Gasteiger partial charge is 0.494 e. The third-order valence-electron chi connectivity index (χ3n) is 4.38. The van der Waals surface area contributed by atoms with Gasteiger partial charge < -0.3 is 9.64 Å². The highest BCUT2D eigenvalue weighted by molar-refractivity contribution is 6.31. The van der Waals surface area contributed by atoms with Crippen LogP contribution in [0.4, 0.5) is 0 Å². The Kier molecular flexibility index (Phi) is 7.38. The van der Waals surface area contributed by atoms with Crippen molar-refractivity contribution in [2.75, 3.05) is 26.2 Å². The molecule has 0 unspecified atom stereocenters. The number of piperidine rings is 1. The van der Waals surface area contributed by atoms with E-state index in [4.69, 9.17) is 16.3 Å². The molecule has 1 heterocycles. The van der Waals surface area contributed by atoms with Crippen LogP contribution in [-0.2, 0) is 0 Å². The topological polar surface area (TPSA) is 13.7 Å². The van der Waals surface area contributed by atoms with Gasteiger partial charge in [0.2, 0.25) is 0 Å². The summed E-state index contributed by atoms with van der Waals surface area (Å²) in [6.45, 7) is 7.01. The first-order valence-corrected chi connectivity index (χ1v) is 8.86. The predicted molar refractivity (Wildman–Crippen MR) is 89.6 cm³/mol. The van der Waals surface area contributed by atoms with Crippen molar-refractivity contribution in [2.45, 2.75) is 51.9 Å². The van der Waals surface area contributed by atoms with Crippen LogP contribution in [0.1, 0.15) is 50.5 Å². The van der Waals surface area contributed by atoms with E-state index in [9.17, 15) is 0 Å². The van der Waals surface area contributed by atoms with Crippen molar-refractivity contribution in [3.05, 3.63) is 28.8 Å². The third-order valence-corrected chi connectivity index (χ3v) is 4.81. The molecule has 2 rings (SSSR count). The van der Waals surface area contributed by atoms with E-state index in [1.54, 1.807) is 0 Å². The Morgan fingerprint density at radius 3 is 2.57 bits per heavy atom. The first-order valence-electron chi connectivity index (χ1n) is 8.48. The Labute approximate surface area is 134 Å². The molecule has 2 nitrogen and oxygen atoms in total. The lowest BCUT2D eigenvalue weighted by atomic mass is 10.1. The number of benzene rings is 1. The van der Waals surface area contributed by atoms with E-state index in [2.05, 4.69) is 0 Å². The second-order valence-electron chi connectivity index (χ2n) is 6.23. The number of nitrogens with one attached hydrogen (secondary N) is 1. The van der Waals surface area contributed by atoms with Crippen molar-refractivity contribution >= 4 is 11.6 Å². The Bertz CT molecular complexity index is 416. The average Bonchev–Trinajstić information content (AvgIpc) is 2.51. The molecule has 1 saturated heterocycles. The Balaban J connectivity index is 1.48. The van der Waals surface area contributed by atoms with Crippen LogP contribution in [0.2, 0.25) is 5.02 Å². The van der Waals surface area contributed by atoms with Crippen LogP contribution in [-0.4, -0.2) is 26.2 Å². The zero-order valence-electron chi connectivity index (χ0n) is 13.3. The maximum absolute atomic E-state index is 6.01. The minimum absolute atomic E-state index is 0.808. The lowest BCUT2D eigenvalue weighted by Crippen LogP contribution is -3.12. The van der Waals surface area contributed by atoms with Crippen molar-refractivity contribution < 1.29 is 9.64 Å². The number of aryl methyl sites for hydroxylation is 1. The van der Waals surface area contributed by atoms with Gasteiger partial charge in [0.25, 0.3) is 0 Å². The summed E-state index contributed by atoms with van der Waals surface area (Å²) in [6, 6.07) is 5.88. The summed E-state index contributed by atoms with van der Waals surface area (Å²) in [5, 5.41) is 0.808. The smallest absolute Gasteiger partial charge is 0.119 e. The Morgan fingerprint density at radius 1 is 1.05 bits per heavy atom. The van der Waals surface area contributed by atoms with E-state index in [-0.39, 0.29) is 0 Å². The van der Waals surface area contributed by atoms with Crippen LogP contribution in [0.5, 0.6) is 5.75 Å². The van der Waals surface area contributed by atoms with Gasteiger partial charge in [-0.3, -0.25) is 0 Å². The van der Waals surface area contributed by atoms with E-state index in [0.717, 1.165) is 29.4 Å². The highest BCUT2D eigenvalue weighted by Gasteiger charge is 2.12. The zero-order chi connectivity index (χ0) is 14.9. The number of hydrogen-bond acceptors (Lipinski definition) is 1. The molecule has 1 aliphatic rings. The second-order valence-corrected chi connectivity index (χ2v) is 6.64. The standard InChI is InChI=1S/C18H28ClNO/c1-16-15-17(9-10-18(16)19)21-14-8-3-2-5-11-20-12-6-4-7-13-20/h9-10,15H,2-8,11-14H2,1H3/p+1. The number of ether oxygens (including phenoxy) is 1. The first kappa shape index (κ1) is 16.6. The van der Waals surface area contributed by atoms with E-state index >= 15 is 0 Å². The highest BCUT2D eigenvalue weighted by Crippen LogP contribution is 2.21. The molecule has 0 spiro atoms. The summed E-state index contributed by atoms with van der Waals surface area (Å²) in [6.07, 6.45) is 9.46. The minimum Gasteiger partial charge on any atom is -0.494 e. The highest BCUT2D eigenvalue weighted by atomic mass is 35.5. The van der Waals surface area contributed by atoms with E-state index in [1.165, 1.54) is 58.2 Å². The summed E-state index contributed by atoms with van der Waals surface area (Å²) in [7, 11) is 0. The maximum Gasteiger partial charge on any atom is 0.119 e. The monoisotopic (exact) mass is 310 g/mol. The SMILES string of the molecule is Cc1cc(OCCCCCC[NH+]2CCCCC2)ccc1Cl. The van der Waals surface area contributed by atoms with Crippen molar-refractivity contribution in [2.24, 2.45) is 0 Å². The number of hydrogen-bond donors (Lipinski definition) is 1. The van der Waals surface area contributed by atoms with Gasteiger partial charge in [0.05, 0.1) is 26.2 Å². The molecule has 1 fully saturated rings. The summed E-state index contributed by atoms with van der Waals surface area (Å²) in [5.41, 5.74) is 1.08. The molecule has 21 heavy (non-hydrogen) atoms. The number of likely N-dealkylation sites (tertiary alicyclic amines) is 1. The Morgan fingerprint density at radius 2 is 1.81 bits per heavy atom. The molecule has 0 aliphatic carbocycles. The third kappa shape index (κ3) is 6.27. The van der Waals surface area contributed by atoms with Crippen molar-refractivity contribution in [3.8, 4) is 5.75 Å². The van der Waals surface area contributed by atoms with Gasteiger partial charge in [-0.05, 0) is 75.6 Å². The van der Waals surface area contributed by atoms with Gasteiger partial charge in [0.1, 0.15) is 5.75 Å². The molecule has 1 aromatic carbocycles. The van der Waals surface area contributed by atoms with Crippen molar-refractivity contribution in [1.29, 1.82) is 0 Å². The molecule has 0 atom stereocenters. The fourth-order valence-electron chi connectivity index (χ4n) is 3.03. The van der Waals surface area contributed by atoms with Crippen LogP contribution < -0.4 is 9.64 Å². The second kappa shape index (κ2) is 9.32. The Hall–Kier alpha value is -0.730. The van der Waals surface area contributed by atoms with Crippen LogP contribution >= 0.6 is 11.6 Å².